The van der Waals surface area contributed by atoms with Crippen molar-refractivity contribution in [3.8, 4) is 16.9 Å². The minimum atomic E-state index is -3.64. The second kappa shape index (κ2) is 18.7. The number of hydroxylamine groups is 2. The van der Waals surface area contributed by atoms with Crippen molar-refractivity contribution in [2.75, 3.05) is 39.0 Å². The van der Waals surface area contributed by atoms with E-state index < -0.39 is 64.6 Å². The largest absolute Gasteiger partial charge is 0.496 e. The average Bonchev–Trinajstić information content (AvgIpc) is 3.55. The summed E-state index contributed by atoms with van der Waals surface area (Å²) < 4.78 is 48.9. The van der Waals surface area contributed by atoms with Gasteiger partial charge in [-0.1, -0.05) is 57.7 Å². The third kappa shape index (κ3) is 10.1. The van der Waals surface area contributed by atoms with Crippen LogP contribution in [0.15, 0.2) is 67.3 Å². The molecule has 2 aromatic rings. The first-order valence-corrected chi connectivity index (χ1v) is 22.1. The topological polar surface area (TPSA) is 170 Å². The maximum Gasteiger partial charge on any atom is 0.251 e. The lowest BCUT2D eigenvalue weighted by Gasteiger charge is -2.62. The minimum absolute atomic E-state index is 0.0709. The molecule has 0 radical (unpaired) electrons. The summed E-state index contributed by atoms with van der Waals surface area (Å²) in [6.07, 6.45) is 9.30. The maximum atomic E-state index is 16.1. The van der Waals surface area contributed by atoms with E-state index in [2.05, 4.69) is 42.7 Å². The summed E-state index contributed by atoms with van der Waals surface area (Å²) in [7, 11) is 1.39. The number of aliphatic hydroxyl groups is 2. The van der Waals surface area contributed by atoms with Crippen molar-refractivity contribution in [3.63, 3.8) is 0 Å². The number of ether oxygens (including phenoxy) is 1. The number of carbonyl (C=O) groups excluding carboxylic acids is 2. The van der Waals surface area contributed by atoms with Crippen molar-refractivity contribution < 1.29 is 42.2 Å². The van der Waals surface area contributed by atoms with Crippen LogP contribution in [-0.4, -0.2) is 106 Å². The van der Waals surface area contributed by atoms with E-state index in [0.29, 0.717) is 28.7 Å². The summed E-state index contributed by atoms with van der Waals surface area (Å²) in [5.74, 6) is -0.937. The van der Waals surface area contributed by atoms with E-state index in [1.807, 2.05) is 25.1 Å². The Kier molecular flexibility index (Phi) is 14.5. The van der Waals surface area contributed by atoms with Crippen molar-refractivity contribution in [2.24, 2.45) is 29.1 Å². The Balaban J connectivity index is 1.47. The second-order valence-corrected chi connectivity index (χ2v) is 19.0. The summed E-state index contributed by atoms with van der Waals surface area (Å²) in [5.41, 5.74) is 2.16. The number of hydrogen-bond donors (Lipinski definition) is 5. The van der Waals surface area contributed by atoms with Crippen LogP contribution in [0.4, 0.5) is 10.1 Å². The van der Waals surface area contributed by atoms with Crippen LogP contribution in [0.3, 0.4) is 0 Å². The van der Waals surface area contributed by atoms with Crippen LogP contribution in [0.2, 0.25) is 0 Å². The Bertz CT molecular complexity index is 2040. The molecule has 324 valence electrons. The third-order valence-corrected chi connectivity index (χ3v) is 13.4. The quantitative estimate of drug-likeness (QED) is 0.143. The van der Waals surface area contributed by atoms with E-state index in [-0.39, 0.29) is 46.7 Å². The van der Waals surface area contributed by atoms with Crippen molar-refractivity contribution >= 4 is 27.5 Å². The molecule has 1 heterocycles. The van der Waals surface area contributed by atoms with Crippen LogP contribution >= 0.6 is 0 Å². The normalized spacial score (nSPS) is 26.9. The number of anilines is 1. The Morgan fingerprint density at radius 3 is 2.44 bits per heavy atom. The van der Waals surface area contributed by atoms with Crippen LogP contribution in [0, 0.1) is 34.9 Å². The number of allylic oxidation sites excluding steroid dienone is 4. The van der Waals surface area contributed by atoms with E-state index >= 15 is 4.39 Å². The standard InChI is InChI=1S/C44H62FN5O8S/c1-11-12-13-14-15-36(48-59(10,55)56)26(3)46-42(53)29-18-28(19-31(20-29)49(7)8)32-16-17-35(45)33(41(32)57-9)23-50-40(39(27(4)52)38(24-51)58-50)43(54)47-37-22-30-21-34(25(37)2)44(30,5)6/h11-20,25-27,30,34,36-40,48,51-52H,1,21-24H2,2-10H3,(H,46,53)(H,47,54)/t25-,26+,27-,30+,34-,36-,37-,38-,39+,40-/m0/s1. The highest BCUT2D eigenvalue weighted by atomic mass is 32.2. The van der Waals surface area contributed by atoms with Gasteiger partial charge in [-0.3, -0.25) is 14.4 Å². The predicted octanol–water partition coefficient (Wildman–Crippen LogP) is 4.56. The maximum absolute atomic E-state index is 16.1. The molecular weight excluding hydrogens is 778 g/mol. The van der Waals surface area contributed by atoms with Gasteiger partial charge in [-0.05, 0) is 85.8 Å². The van der Waals surface area contributed by atoms with Gasteiger partial charge in [0, 0.05) is 54.5 Å². The molecule has 4 aliphatic rings. The van der Waals surface area contributed by atoms with Gasteiger partial charge in [0.15, 0.2) is 0 Å². The number of amides is 2. The molecule has 6 rings (SSSR count). The van der Waals surface area contributed by atoms with Crippen LogP contribution in [0.1, 0.15) is 63.4 Å². The van der Waals surface area contributed by atoms with Crippen LogP contribution in [-0.2, 0) is 26.2 Å². The fourth-order valence-electron chi connectivity index (χ4n) is 9.27. The van der Waals surface area contributed by atoms with E-state index in [9.17, 15) is 28.2 Å². The van der Waals surface area contributed by atoms with Crippen LogP contribution in [0.25, 0.3) is 11.1 Å². The molecule has 3 aliphatic carbocycles. The molecule has 13 nitrogen and oxygen atoms in total. The van der Waals surface area contributed by atoms with Gasteiger partial charge in [-0.25, -0.2) is 17.5 Å². The van der Waals surface area contributed by atoms with Crippen LogP contribution < -0.4 is 25.0 Å². The fourth-order valence-corrected chi connectivity index (χ4v) is 10.0. The lowest BCUT2D eigenvalue weighted by molar-refractivity contribution is -0.183. The lowest BCUT2D eigenvalue weighted by Crippen LogP contribution is -2.62. The summed E-state index contributed by atoms with van der Waals surface area (Å²) in [6.45, 7) is 12.9. The van der Waals surface area contributed by atoms with Gasteiger partial charge < -0.3 is 30.5 Å². The summed E-state index contributed by atoms with van der Waals surface area (Å²) in [4.78, 5) is 36.1. The zero-order chi connectivity index (χ0) is 43.6. The highest BCUT2D eigenvalue weighted by molar-refractivity contribution is 7.88. The molecule has 0 unspecified atom stereocenters. The first-order chi connectivity index (χ1) is 27.7. The number of halogens is 1. The van der Waals surface area contributed by atoms with E-state index in [1.165, 1.54) is 18.2 Å². The summed E-state index contributed by atoms with van der Waals surface area (Å²) in [5, 5.41) is 28.8. The monoisotopic (exact) mass is 839 g/mol. The Labute approximate surface area is 348 Å². The lowest BCUT2D eigenvalue weighted by atomic mass is 9.45. The van der Waals surface area contributed by atoms with Gasteiger partial charge in [-0.2, -0.15) is 5.06 Å². The summed E-state index contributed by atoms with van der Waals surface area (Å²) >= 11 is 0. The van der Waals surface area contributed by atoms with Crippen molar-refractivity contribution in [1.82, 2.24) is 20.4 Å². The Morgan fingerprint density at radius 1 is 1.15 bits per heavy atom. The molecule has 5 N–H and O–H groups in total. The number of aliphatic hydroxyl groups excluding tert-OH is 2. The minimum Gasteiger partial charge on any atom is -0.496 e. The van der Waals surface area contributed by atoms with Crippen molar-refractivity contribution in [1.29, 1.82) is 0 Å². The predicted molar refractivity (Wildman–Crippen MR) is 227 cm³/mol. The number of methoxy groups -OCH3 is 1. The molecule has 2 bridgehead atoms. The van der Waals surface area contributed by atoms with Gasteiger partial charge in [0.2, 0.25) is 15.9 Å². The van der Waals surface area contributed by atoms with E-state index in [1.54, 1.807) is 62.4 Å². The molecule has 3 saturated carbocycles. The van der Waals surface area contributed by atoms with E-state index in [0.717, 1.165) is 19.1 Å². The van der Waals surface area contributed by atoms with Gasteiger partial charge >= 0.3 is 0 Å². The average molecular weight is 840 g/mol. The molecule has 59 heavy (non-hydrogen) atoms. The first kappa shape index (κ1) is 46.0. The molecule has 0 aromatic heterocycles. The fraction of sp³-hybridized carbons (Fsp3) is 0.545. The van der Waals surface area contributed by atoms with Crippen molar-refractivity contribution in [3.05, 3.63) is 84.2 Å². The molecule has 4 fully saturated rings. The molecular formula is C44H62FN5O8S. The molecule has 0 spiro atoms. The first-order valence-electron chi connectivity index (χ1n) is 20.2. The number of nitrogens with one attached hydrogen (secondary N) is 3. The van der Waals surface area contributed by atoms with Crippen LogP contribution in [0.5, 0.6) is 5.75 Å². The molecule has 2 amide bonds. The van der Waals surface area contributed by atoms with E-state index in [4.69, 9.17) is 9.57 Å². The van der Waals surface area contributed by atoms with Crippen molar-refractivity contribution in [2.45, 2.75) is 90.4 Å². The van der Waals surface area contributed by atoms with Gasteiger partial charge in [0.1, 0.15) is 23.7 Å². The Hall–Kier alpha value is -4.12. The number of fused-ring (bicyclic) bond motifs is 2. The summed E-state index contributed by atoms with van der Waals surface area (Å²) in [6, 6.07) is 5.40. The van der Waals surface area contributed by atoms with Gasteiger partial charge in [0.05, 0.1) is 38.7 Å². The highest BCUT2D eigenvalue weighted by Gasteiger charge is 2.57. The number of rotatable bonds is 17. The SMILES string of the molecule is C=CC=CC=C[C@H](NS(C)(=O)=O)[C@@H](C)NC(=O)c1cc(-c2ccc(F)c(CN3O[C@@H](CO)[C@@H]([C@H](C)O)[C@H]3C(=O)N[C@H]3C[C@H]4C[C@@H]([C@@H]3C)C4(C)C)c2OC)cc(N(C)C)c1. The third-order valence-electron chi connectivity index (χ3n) is 12.7. The van der Waals surface area contributed by atoms with Gasteiger partial charge in [0.25, 0.3) is 5.91 Å². The number of carbonyl (C=O) groups is 2. The molecule has 1 saturated heterocycles. The van der Waals surface area contributed by atoms with Gasteiger partial charge in [-0.15, -0.1) is 0 Å². The highest BCUT2D eigenvalue weighted by Crippen LogP contribution is 2.61. The zero-order valence-corrected chi connectivity index (χ0v) is 36.4. The number of benzene rings is 2. The number of sulfonamides is 1. The molecule has 15 heteroatoms. The molecule has 2 aromatic carbocycles. The zero-order valence-electron chi connectivity index (χ0n) is 35.6. The number of hydrogen-bond acceptors (Lipinski definition) is 10. The smallest absolute Gasteiger partial charge is 0.251 e. The Morgan fingerprint density at radius 2 is 1.86 bits per heavy atom. The molecule has 1 aliphatic heterocycles. The second-order valence-electron chi connectivity index (χ2n) is 17.2. The number of nitrogens with zero attached hydrogens (tertiary/aromatic N) is 2. The molecule has 10 atom stereocenters.